The molecule has 7 heteroatoms. The smallest absolute Gasteiger partial charge is 0.315 e. The van der Waals surface area contributed by atoms with E-state index in [2.05, 4.69) is 4.99 Å². The van der Waals surface area contributed by atoms with Crippen molar-refractivity contribution in [2.75, 3.05) is 13.7 Å². The van der Waals surface area contributed by atoms with Gasteiger partial charge in [-0.15, -0.1) is 0 Å². The molecule has 0 N–H and O–H groups in total. The standard InChI is InChI=1S/C16H15ClN2O3S/c1-10-11(17)5-6-13-14(10)19(7-9-21-2)16(23-13)18-15(20)12-4-3-8-22-12/h3-6,8H,7,9H2,1-2H3. The molecule has 0 saturated heterocycles. The number of hydrogen-bond acceptors (Lipinski definition) is 4. The molecule has 1 aromatic carbocycles. The fourth-order valence-electron chi connectivity index (χ4n) is 2.33. The lowest BCUT2D eigenvalue weighted by atomic mass is 10.2. The Morgan fingerprint density at radius 3 is 2.96 bits per heavy atom. The van der Waals surface area contributed by atoms with Crippen LogP contribution in [0.4, 0.5) is 0 Å². The van der Waals surface area contributed by atoms with Crippen molar-refractivity contribution in [3.63, 3.8) is 0 Å². The molecule has 5 nitrogen and oxygen atoms in total. The Balaban J connectivity index is 2.19. The average molecular weight is 351 g/mol. The summed E-state index contributed by atoms with van der Waals surface area (Å²) in [7, 11) is 1.64. The lowest BCUT2D eigenvalue weighted by Gasteiger charge is -2.07. The van der Waals surface area contributed by atoms with Crippen molar-refractivity contribution >= 4 is 39.1 Å². The largest absolute Gasteiger partial charge is 0.459 e. The topological polar surface area (TPSA) is 56.7 Å². The first-order valence-electron chi connectivity index (χ1n) is 7.01. The van der Waals surface area contributed by atoms with Crippen molar-refractivity contribution in [2.45, 2.75) is 13.5 Å². The predicted octanol–water partition coefficient (Wildman–Crippen LogP) is 3.65. The molecule has 120 valence electrons. The minimum Gasteiger partial charge on any atom is -0.459 e. The van der Waals surface area contributed by atoms with Gasteiger partial charge in [0.15, 0.2) is 10.6 Å². The summed E-state index contributed by atoms with van der Waals surface area (Å²) in [6, 6.07) is 7.06. The zero-order valence-corrected chi connectivity index (χ0v) is 14.3. The molecule has 0 unspecified atom stereocenters. The number of thiazole rings is 1. The highest BCUT2D eigenvalue weighted by atomic mass is 35.5. The molecule has 0 spiro atoms. The van der Waals surface area contributed by atoms with E-state index in [9.17, 15) is 4.79 Å². The Morgan fingerprint density at radius 2 is 2.26 bits per heavy atom. The molecule has 3 aromatic rings. The number of carbonyl (C=O) groups is 1. The number of methoxy groups -OCH3 is 1. The van der Waals surface area contributed by atoms with Crippen molar-refractivity contribution < 1.29 is 13.9 Å². The van der Waals surface area contributed by atoms with Gasteiger partial charge in [0.2, 0.25) is 0 Å². The molecule has 0 aliphatic carbocycles. The SMILES string of the molecule is COCCn1c(=NC(=O)c2ccco2)sc2ccc(Cl)c(C)c21. The number of benzene rings is 1. The van der Waals surface area contributed by atoms with Gasteiger partial charge in [-0.2, -0.15) is 4.99 Å². The molecule has 0 saturated carbocycles. The van der Waals surface area contributed by atoms with Gasteiger partial charge in [0.25, 0.3) is 0 Å². The summed E-state index contributed by atoms with van der Waals surface area (Å²) >= 11 is 7.68. The maximum absolute atomic E-state index is 12.2. The molecular formula is C16H15ClN2O3S. The number of aryl methyl sites for hydroxylation is 1. The molecule has 0 atom stereocenters. The second-order valence-electron chi connectivity index (χ2n) is 4.94. The fraction of sp³-hybridized carbons (Fsp3) is 0.250. The van der Waals surface area contributed by atoms with E-state index in [0.29, 0.717) is 23.0 Å². The zero-order chi connectivity index (χ0) is 16.4. The van der Waals surface area contributed by atoms with E-state index in [4.69, 9.17) is 20.8 Å². The Kier molecular flexibility index (Phi) is 4.66. The lowest BCUT2D eigenvalue weighted by Crippen LogP contribution is -2.19. The summed E-state index contributed by atoms with van der Waals surface area (Å²) in [6.45, 7) is 3.06. The summed E-state index contributed by atoms with van der Waals surface area (Å²) in [6.07, 6.45) is 1.45. The average Bonchev–Trinajstić information content (AvgIpc) is 3.17. The molecule has 1 amide bonds. The Labute approximate surface area is 141 Å². The van der Waals surface area contributed by atoms with E-state index in [1.165, 1.54) is 17.6 Å². The van der Waals surface area contributed by atoms with Crippen LogP contribution in [0.5, 0.6) is 0 Å². The Bertz CT molecular complexity index is 909. The molecule has 0 radical (unpaired) electrons. The van der Waals surface area contributed by atoms with Crippen LogP contribution in [0.2, 0.25) is 5.02 Å². The van der Waals surface area contributed by atoms with E-state index in [1.807, 2.05) is 23.6 Å². The number of rotatable bonds is 4. The van der Waals surface area contributed by atoms with Gasteiger partial charge in [0.1, 0.15) is 0 Å². The molecule has 3 rings (SSSR count). The number of aromatic nitrogens is 1. The van der Waals surface area contributed by atoms with E-state index in [0.717, 1.165) is 15.8 Å². The summed E-state index contributed by atoms with van der Waals surface area (Å²) < 4.78 is 13.3. The molecule has 2 aromatic heterocycles. The van der Waals surface area contributed by atoms with Gasteiger partial charge in [-0.25, -0.2) is 0 Å². The number of furan rings is 1. The third-order valence-electron chi connectivity index (χ3n) is 3.48. The van der Waals surface area contributed by atoms with Crippen molar-refractivity contribution in [3.8, 4) is 0 Å². The molecular weight excluding hydrogens is 336 g/mol. The molecule has 2 heterocycles. The van der Waals surface area contributed by atoms with Gasteiger partial charge in [0.05, 0.1) is 23.1 Å². The Morgan fingerprint density at radius 1 is 1.43 bits per heavy atom. The monoisotopic (exact) mass is 350 g/mol. The quantitative estimate of drug-likeness (QED) is 0.721. The number of fused-ring (bicyclic) bond motifs is 1. The van der Waals surface area contributed by atoms with Crippen LogP contribution < -0.4 is 4.80 Å². The van der Waals surface area contributed by atoms with Gasteiger partial charge in [0, 0.05) is 18.7 Å². The number of amides is 1. The number of nitrogens with zero attached hydrogens (tertiary/aromatic N) is 2. The van der Waals surface area contributed by atoms with Crippen LogP contribution in [0.15, 0.2) is 39.9 Å². The van der Waals surface area contributed by atoms with Crippen LogP contribution in [0, 0.1) is 6.92 Å². The number of hydrogen-bond donors (Lipinski definition) is 0. The highest BCUT2D eigenvalue weighted by molar-refractivity contribution is 7.16. The van der Waals surface area contributed by atoms with Crippen LogP contribution in [-0.4, -0.2) is 24.2 Å². The van der Waals surface area contributed by atoms with E-state index >= 15 is 0 Å². The lowest BCUT2D eigenvalue weighted by molar-refractivity contribution is 0.0971. The normalized spacial score (nSPS) is 12.2. The van der Waals surface area contributed by atoms with Crippen molar-refractivity contribution in [1.29, 1.82) is 0 Å². The highest BCUT2D eigenvalue weighted by Crippen LogP contribution is 2.27. The first-order chi connectivity index (χ1) is 11.1. The summed E-state index contributed by atoms with van der Waals surface area (Å²) in [5, 5.41) is 0.686. The number of ether oxygens (including phenoxy) is 1. The van der Waals surface area contributed by atoms with E-state index < -0.39 is 5.91 Å². The van der Waals surface area contributed by atoms with Crippen LogP contribution in [0.25, 0.3) is 10.2 Å². The maximum atomic E-state index is 12.2. The predicted molar refractivity (Wildman–Crippen MR) is 90.0 cm³/mol. The highest BCUT2D eigenvalue weighted by Gasteiger charge is 2.13. The van der Waals surface area contributed by atoms with Crippen molar-refractivity contribution in [2.24, 2.45) is 4.99 Å². The van der Waals surface area contributed by atoms with Gasteiger partial charge in [-0.05, 0) is 36.8 Å². The molecule has 0 aliphatic heterocycles. The van der Waals surface area contributed by atoms with Gasteiger partial charge in [-0.3, -0.25) is 4.79 Å². The minimum absolute atomic E-state index is 0.218. The number of halogens is 1. The second-order valence-corrected chi connectivity index (χ2v) is 6.36. The first kappa shape index (κ1) is 16.0. The van der Waals surface area contributed by atoms with Crippen LogP contribution >= 0.6 is 22.9 Å². The fourth-order valence-corrected chi connectivity index (χ4v) is 3.60. The van der Waals surface area contributed by atoms with E-state index in [-0.39, 0.29) is 5.76 Å². The first-order valence-corrected chi connectivity index (χ1v) is 8.21. The Hall–Kier alpha value is -1.89. The van der Waals surface area contributed by atoms with Gasteiger partial charge >= 0.3 is 5.91 Å². The van der Waals surface area contributed by atoms with Gasteiger partial charge in [-0.1, -0.05) is 22.9 Å². The molecule has 23 heavy (non-hydrogen) atoms. The molecule has 0 aliphatic rings. The van der Waals surface area contributed by atoms with Crippen molar-refractivity contribution in [1.82, 2.24) is 4.57 Å². The van der Waals surface area contributed by atoms with Crippen LogP contribution in [0.3, 0.4) is 0 Å². The van der Waals surface area contributed by atoms with Crippen LogP contribution in [-0.2, 0) is 11.3 Å². The van der Waals surface area contributed by atoms with E-state index in [1.54, 1.807) is 19.2 Å². The third-order valence-corrected chi connectivity index (χ3v) is 4.93. The van der Waals surface area contributed by atoms with Crippen LogP contribution in [0.1, 0.15) is 16.1 Å². The summed E-state index contributed by atoms with van der Waals surface area (Å²) in [5.41, 5.74) is 1.94. The molecule has 0 fully saturated rings. The van der Waals surface area contributed by atoms with Crippen molar-refractivity contribution in [3.05, 3.63) is 51.7 Å². The molecule has 0 bridgehead atoms. The minimum atomic E-state index is -0.406. The summed E-state index contributed by atoms with van der Waals surface area (Å²) in [5.74, 6) is -0.188. The number of carbonyl (C=O) groups excluding carboxylic acids is 1. The summed E-state index contributed by atoms with van der Waals surface area (Å²) in [4.78, 5) is 17.0. The zero-order valence-electron chi connectivity index (χ0n) is 12.7. The van der Waals surface area contributed by atoms with Gasteiger partial charge < -0.3 is 13.7 Å². The maximum Gasteiger partial charge on any atom is 0.315 e. The third kappa shape index (κ3) is 3.10. The second kappa shape index (κ2) is 6.70.